The van der Waals surface area contributed by atoms with Crippen molar-refractivity contribution in [3.8, 4) is 5.75 Å². The number of carbonyl (C=O) groups excluding carboxylic acids is 1. The van der Waals surface area contributed by atoms with Gasteiger partial charge in [-0.25, -0.2) is 0 Å². The van der Waals surface area contributed by atoms with Gasteiger partial charge in [0.25, 0.3) is 5.91 Å². The fourth-order valence-corrected chi connectivity index (χ4v) is 3.93. The summed E-state index contributed by atoms with van der Waals surface area (Å²) in [5, 5.41) is 3.04. The van der Waals surface area contributed by atoms with E-state index < -0.39 is 10.1 Å². The van der Waals surface area contributed by atoms with E-state index in [0.29, 0.717) is 12.0 Å². The van der Waals surface area contributed by atoms with Gasteiger partial charge >= 0.3 is 10.1 Å². The molecule has 1 unspecified atom stereocenters. The monoisotopic (exact) mass is 423 g/mol. The molecule has 156 valence electrons. The molecule has 0 heterocycles. The van der Waals surface area contributed by atoms with Crippen molar-refractivity contribution in [1.29, 1.82) is 0 Å². The van der Waals surface area contributed by atoms with Crippen LogP contribution in [0.1, 0.15) is 34.8 Å². The molecular formula is C24H25NO4S. The summed E-state index contributed by atoms with van der Waals surface area (Å²) in [6, 6.07) is 22.5. The highest BCUT2D eigenvalue weighted by molar-refractivity contribution is 7.87. The highest BCUT2D eigenvalue weighted by Gasteiger charge is 2.17. The van der Waals surface area contributed by atoms with Crippen molar-refractivity contribution in [1.82, 2.24) is 5.32 Å². The number of benzene rings is 3. The van der Waals surface area contributed by atoms with Gasteiger partial charge in [-0.2, -0.15) is 8.42 Å². The van der Waals surface area contributed by atoms with Gasteiger partial charge in [0.05, 0.1) is 0 Å². The molecule has 0 spiro atoms. The van der Waals surface area contributed by atoms with Gasteiger partial charge in [0.2, 0.25) is 0 Å². The van der Waals surface area contributed by atoms with Gasteiger partial charge in [0.1, 0.15) is 10.6 Å². The van der Waals surface area contributed by atoms with Gasteiger partial charge in [0.15, 0.2) is 0 Å². The Morgan fingerprint density at radius 1 is 0.933 bits per heavy atom. The highest BCUT2D eigenvalue weighted by atomic mass is 32.2. The summed E-state index contributed by atoms with van der Waals surface area (Å²) in [6.07, 6.45) is 1.42. The first-order valence-corrected chi connectivity index (χ1v) is 11.2. The van der Waals surface area contributed by atoms with Crippen LogP contribution in [0.25, 0.3) is 0 Å². The van der Waals surface area contributed by atoms with Crippen LogP contribution >= 0.6 is 0 Å². The van der Waals surface area contributed by atoms with E-state index in [-0.39, 0.29) is 22.6 Å². The molecule has 0 radical (unpaired) electrons. The van der Waals surface area contributed by atoms with E-state index in [1.165, 1.54) is 12.1 Å². The quantitative estimate of drug-likeness (QED) is 0.541. The number of rotatable bonds is 8. The molecule has 6 heteroatoms. The zero-order valence-corrected chi connectivity index (χ0v) is 17.9. The van der Waals surface area contributed by atoms with Crippen LogP contribution in [0.3, 0.4) is 0 Å². The van der Waals surface area contributed by atoms with Gasteiger partial charge in [0, 0.05) is 11.6 Å². The van der Waals surface area contributed by atoms with Crippen LogP contribution in [-0.2, 0) is 16.5 Å². The molecule has 3 rings (SSSR count). The Bertz CT molecular complexity index is 1080. The van der Waals surface area contributed by atoms with E-state index in [4.69, 9.17) is 4.18 Å². The zero-order valence-electron chi connectivity index (χ0n) is 17.0. The van der Waals surface area contributed by atoms with E-state index >= 15 is 0 Å². The third-order valence-corrected chi connectivity index (χ3v) is 6.05. The van der Waals surface area contributed by atoms with E-state index in [1.54, 1.807) is 36.4 Å². The molecule has 0 bridgehead atoms. The molecule has 3 aromatic carbocycles. The zero-order chi connectivity index (χ0) is 21.6. The van der Waals surface area contributed by atoms with Gasteiger partial charge in [-0.3, -0.25) is 4.79 Å². The van der Waals surface area contributed by atoms with Crippen LogP contribution in [0.4, 0.5) is 0 Å². The molecule has 5 nitrogen and oxygen atoms in total. The number of hydrogen-bond acceptors (Lipinski definition) is 4. The molecule has 0 aliphatic heterocycles. The minimum atomic E-state index is -3.87. The van der Waals surface area contributed by atoms with E-state index in [0.717, 1.165) is 17.5 Å². The highest BCUT2D eigenvalue weighted by Crippen LogP contribution is 2.20. The molecule has 30 heavy (non-hydrogen) atoms. The van der Waals surface area contributed by atoms with Gasteiger partial charge in [-0.1, -0.05) is 55.0 Å². The predicted molar refractivity (Wildman–Crippen MR) is 117 cm³/mol. The molecule has 1 amide bonds. The SMILES string of the molecule is CCC(Cc1ccc(OS(=O)(=O)c2ccc(C)cc2)cc1)NC(=O)c1ccccc1. The van der Waals surface area contributed by atoms with E-state index in [2.05, 4.69) is 5.32 Å². The van der Waals surface area contributed by atoms with Crippen molar-refractivity contribution >= 4 is 16.0 Å². The first-order chi connectivity index (χ1) is 14.4. The van der Waals surface area contributed by atoms with Gasteiger partial charge in [-0.05, 0) is 61.7 Å². The van der Waals surface area contributed by atoms with Crippen molar-refractivity contribution in [2.75, 3.05) is 0 Å². The molecule has 0 saturated heterocycles. The molecule has 3 aromatic rings. The smallest absolute Gasteiger partial charge is 0.339 e. The van der Waals surface area contributed by atoms with Gasteiger partial charge < -0.3 is 9.50 Å². The lowest BCUT2D eigenvalue weighted by atomic mass is 10.0. The molecule has 0 aliphatic carbocycles. The van der Waals surface area contributed by atoms with E-state index in [1.807, 2.05) is 44.2 Å². The maximum atomic E-state index is 12.4. The average molecular weight is 424 g/mol. The third kappa shape index (κ3) is 5.70. The largest absolute Gasteiger partial charge is 0.379 e. The Labute approximate surface area is 177 Å². The second-order valence-corrected chi connectivity index (χ2v) is 8.69. The van der Waals surface area contributed by atoms with Crippen molar-refractivity contribution in [3.63, 3.8) is 0 Å². The van der Waals surface area contributed by atoms with Gasteiger partial charge in [-0.15, -0.1) is 0 Å². The second kappa shape index (κ2) is 9.59. The van der Waals surface area contributed by atoms with Crippen LogP contribution < -0.4 is 9.50 Å². The van der Waals surface area contributed by atoms with Crippen molar-refractivity contribution in [2.45, 2.75) is 37.6 Å². The van der Waals surface area contributed by atoms with Crippen molar-refractivity contribution in [2.24, 2.45) is 0 Å². The summed E-state index contributed by atoms with van der Waals surface area (Å²) in [7, 11) is -3.87. The normalized spacial score (nSPS) is 12.2. The maximum Gasteiger partial charge on any atom is 0.339 e. The minimum Gasteiger partial charge on any atom is -0.379 e. The average Bonchev–Trinajstić information content (AvgIpc) is 2.75. The Hall–Kier alpha value is -3.12. The molecule has 0 aliphatic rings. The summed E-state index contributed by atoms with van der Waals surface area (Å²) in [5.74, 6) is 0.146. The van der Waals surface area contributed by atoms with Crippen LogP contribution in [0, 0.1) is 6.92 Å². The molecule has 0 aromatic heterocycles. The van der Waals surface area contributed by atoms with E-state index in [9.17, 15) is 13.2 Å². The number of hydrogen-bond donors (Lipinski definition) is 1. The lowest BCUT2D eigenvalue weighted by Crippen LogP contribution is -2.35. The fraction of sp³-hybridized carbons (Fsp3) is 0.208. The summed E-state index contributed by atoms with van der Waals surface area (Å²) >= 11 is 0. The minimum absolute atomic E-state index is 0.0271. The Morgan fingerprint density at radius 2 is 1.57 bits per heavy atom. The van der Waals surface area contributed by atoms with Crippen LogP contribution in [0.2, 0.25) is 0 Å². The first-order valence-electron chi connectivity index (χ1n) is 9.83. The number of carbonyl (C=O) groups is 1. The standard InChI is InChI=1S/C24H25NO4S/c1-3-21(25-24(26)20-7-5-4-6-8-20)17-19-11-13-22(14-12-19)29-30(27,28)23-15-9-18(2)10-16-23/h4-16,21H,3,17H2,1-2H3,(H,25,26). The fourth-order valence-electron chi connectivity index (χ4n) is 3.00. The first kappa shape index (κ1) is 21.6. The van der Waals surface area contributed by atoms with Crippen LogP contribution in [0.5, 0.6) is 5.75 Å². The Kier molecular flexibility index (Phi) is 6.90. The molecule has 0 fully saturated rings. The summed E-state index contributed by atoms with van der Waals surface area (Å²) < 4.78 is 30.1. The topological polar surface area (TPSA) is 72.5 Å². The van der Waals surface area contributed by atoms with Crippen LogP contribution in [0.15, 0.2) is 83.8 Å². The lowest BCUT2D eigenvalue weighted by molar-refractivity contribution is 0.0935. The van der Waals surface area contributed by atoms with Crippen LogP contribution in [-0.4, -0.2) is 20.4 Å². The summed E-state index contributed by atoms with van der Waals surface area (Å²) in [5.41, 5.74) is 2.58. The summed E-state index contributed by atoms with van der Waals surface area (Å²) in [6.45, 7) is 3.91. The molecule has 0 saturated carbocycles. The summed E-state index contributed by atoms with van der Waals surface area (Å²) in [4.78, 5) is 12.5. The number of nitrogens with one attached hydrogen (secondary N) is 1. The lowest BCUT2D eigenvalue weighted by Gasteiger charge is -2.17. The number of amides is 1. The molecule has 1 atom stereocenters. The van der Waals surface area contributed by atoms with Crippen molar-refractivity contribution in [3.05, 3.63) is 95.6 Å². The Balaban J connectivity index is 1.63. The maximum absolute atomic E-state index is 12.4. The molecule has 1 N–H and O–H groups in total. The van der Waals surface area contributed by atoms with Crippen molar-refractivity contribution < 1.29 is 17.4 Å². The predicted octanol–water partition coefficient (Wildman–Crippen LogP) is 4.51. The second-order valence-electron chi connectivity index (χ2n) is 7.14. The third-order valence-electron chi connectivity index (χ3n) is 4.79. The number of aryl methyl sites for hydroxylation is 1. The Morgan fingerprint density at radius 3 is 2.17 bits per heavy atom. The molecular weight excluding hydrogens is 398 g/mol.